The van der Waals surface area contributed by atoms with Gasteiger partial charge >= 0.3 is 0 Å². The van der Waals surface area contributed by atoms with Crippen molar-refractivity contribution in [2.24, 2.45) is 0 Å². The molecule has 6 nitrogen and oxygen atoms in total. The molecule has 1 aromatic rings. The van der Waals surface area contributed by atoms with Crippen molar-refractivity contribution < 1.29 is 9.59 Å². The number of hydrogen-bond donors (Lipinski definition) is 1. The molecule has 2 saturated heterocycles. The number of piperidine rings is 1. The Labute approximate surface area is 124 Å². The van der Waals surface area contributed by atoms with Gasteiger partial charge in [-0.05, 0) is 31.4 Å². The van der Waals surface area contributed by atoms with Gasteiger partial charge in [-0.2, -0.15) is 0 Å². The molecule has 2 aliphatic heterocycles. The van der Waals surface area contributed by atoms with E-state index < -0.39 is 0 Å². The minimum Gasteiger partial charge on any atom is -0.373 e. The molecule has 1 atom stereocenters. The molecule has 21 heavy (non-hydrogen) atoms. The lowest BCUT2D eigenvalue weighted by atomic mass is 9.98. The minimum atomic E-state index is -0.257. The zero-order chi connectivity index (χ0) is 14.8. The molecule has 6 heteroatoms. The molecule has 1 aromatic heterocycles. The number of amides is 2. The number of carbonyl (C=O) groups is 2. The first-order valence-corrected chi connectivity index (χ1v) is 7.41. The van der Waals surface area contributed by atoms with Gasteiger partial charge in [-0.15, -0.1) is 0 Å². The molecule has 112 valence electrons. The number of nitrogens with zero attached hydrogens (tertiary/aromatic N) is 3. The lowest BCUT2D eigenvalue weighted by Gasteiger charge is -2.42. The van der Waals surface area contributed by atoms with E-state index in [4.69, 9.17) is 0 Å². The van der Waals surface area contributed by atoms with Crippen molar-refractivity contribution in [2.45, 2.75) is 31.8 Å². The van der Waals surface area contributed by atoms with Crippen molar-refractivity contribution in [1.82, 2.24) is 14.8 Å². The number of rotatable bonds is 3. The van der Waals surface area contributed by atoms with Crippen LogP contribution in [0.15, 0.2) is 18.2 Å². The summed E-state index contributed by atoms with van der Waals surface area (Å²) in [6.07, 6.45) is 2.80. The highest BCUT2D eigenvalue weighted by Gasteiger charge is 2.40. The number of piperazine rings is 1. The topological polar surface area (TPSA) is 65.5 Å². The minimum absolute atomic E-state index is 0.0593. The molecule has 3 heterocycles. The Bertz CT molecular complexity index is 560. The van der Waals surface area contributed by atoms with Crippen LogP contribution in [0.4, 0.5) is 5.82 Å². The van der Waals surface area contributed by atoms with Crippen molar-refractivity contribution >= 4 is 17.6 Å². The number of aromatic nitrogens is 1. The number of hydrogen-bond acceptors (Lipinski definition) is 4. The van der Waals surface area contributed by atoms with Crippen molar-refractivity contribution in [3.63, 3.8) is 0 Å². The Morgan fingerprint density at radius 1 is 1.33 bits per heavy atom. The fraction of sp³-hybridized carbons (Fsp3) is 0.533. The molecular formula is C15H20N4O2. The fourth-order valence-electron chi connectivity index (χ4n) is 3.07. The summed E-state index contributed by atoms with van der Waals surface area (Å²) in [6.45, 7) is 1.28. The SMILES string of the molecule is CNc1cccc(CN2CC(=O)N3CCCCC3C2=O)n1. The second-order valence-corrected chi connectivity index (χ2v) is 5.56. The highest BCUT2D eigenvalue weighted by atomic mass is 16.2. The average molecular weight is 288 g/mol. The van der Waals surface area contributed by atoms with Crippen LogP contribution < -0.4 is 5.32 Å². The molecular weight excluding hydrogens is 268 g/mol. The highest BCUT2D eigenvalue weighted by molar-refractivity contribution is 5.95. The third-order valence-electron chi connectivity index (χ3n) is 4.16. The van der Waals surface area contributed by atoms with Crippen LogP contribution in [0.25, 0.3) is 0 Å². The predicted molar refractivity (Wildman–Crippen MR) is 78.6 cm³/mol. The van der Waals surface area contributed by atoms with E-state index in [0.717, 1.165) is 37.3 Å². The van der Waals surface area contributed by atoms with Gasteiger partial charge in [0.05, 0.1) is 12.2 Å². The highest BCUT2D eigenvalue weighted by Crippen LogP contribution is 2.24. The van der Waals surface area contributed by atoms with E-state index in [1.807, 2.05) is 25.2 Å². The number of fused-ring (bicyclic) bond motifs is 1. The van der Waals surface area contributed by atoms with E-state index in [1.165, 1.54) is 0 Å². The van der Waals surface area contributed by atoms with Crippen LogP contribution in [-0.4, -0.2) is 52.8 Å². The number of anilines is 1. The summed E-state index contributed by atoms with van der Waals surface area (Å²) in [5.41, 5.74) is 0.798. The van der Waals surface area contributed by atoms with E-state index in [2.05, 4.69) is 10.3 Å². The Hall–Kier alpha value is -2.11. The van der Waals surface area contributed by atoms with Crippen molar-refractivity contribution in [3.05, 3.63) is 23.9 Å². The Kier molecular flexibility index (Phi) is 3.77. The Balaban J connectivity index is 1.76. The molecule has 2 fully saturated rings. The molecule has 3 rings (SSSR count). The van der Waals surface area contributed by atoms with Crippen molar-refractivity contribution in [2.75, 3.05) is 25.5 Å². The van der Waals surface area contributed by atoms with Crippen LogP contribution in [0, 0.1) is 0 Å². The van der Waals surface area contributed by atoms with Gasteiger partial charge in [-0.3, -0.25) is 9.59 Å². The van der Waals surface area contributed by atoms with Gasteiger partial charge in [0.15, 0.2) is 0 Å². The van der Waals surface area contributed by atoms with Gasteiger partial charge in [-0.25, -0.2) is 4.98 Å². The monoisotopic (exact) mass is 288 g/mol. The van der Waals surface area contributed by atoms with Crippen molar-refractivity contribution in [3.8, 4) is 0 Å². The lowest BCUT2D eigenvalue weighted by Crippen LogP contribution is -2.60. The quantitative estimate of drug-likeness (QED) is 0.895. The number of nitrogens with one attached hydrogen (secondary N) is 1. The summed E-state index contributed by atoms with van der Waals surface area (Å²) in [5.74, 6) is 0.887. The van der Waals surface area contributed by atoms with Gasteiger partial charge in [0.1, 0.15) is 18.4 Å². The van der Waals surface area contributed by atoms with E-state index >= 15 is 0 Å². The second-order valence-electron chi connectivity index (χ2n) is 5.56. The summed E-state index contributed by atoms with van der Waals surface area (Å²) >= 11 is 0. The van der Waals surface area contributed by atoms with Gasteiger partial charge in [0, 0.05) is 13.6 Å². The summed E-state index contributed by atoms with van der Waals surface area (Å²) in [5, 5.41) is 2.98. The second kappa shape index (κ2) is 5.71. The predicted octanol–water partition coefficient (Wildman–Crippen LogP) is 0.847. The third-order valence-corrected chi connectivity index (χ3v) is 4.16. The summed E-state index contributed by atoms with van der Waals surface area (Å²) in [7, 11) is 1.81. The molecule has 0 radical (unpaired) electrons. The lowest BCUT2D eigenvalue weighted by molar-refractivity contribution is -0.158. The zero-order valence-electron chi connectivity index (χ0n) is 12.2. The normalized spacial score (nSPS) is 22.2. The largest absolute Gasteiger partial charge is 0.373 e. The fourth-order valence-corrected chi connectivity index (χ4v) is 3.07. The first-order chi connectivity index (χ1) is 10.2. The molecule has 1 unspecified atom stereocenters. The number of pyridine rings is 1. The first-order valence-electron chi connectivity index (χ1n) is 7.41. The van der Waals surface area contributed by atoms with Crippen LogP contribution >= 0.6 is 0 Å². The Morgan fingerprint density at radius 3 is 3.00 bits per heavy atom. The van der Waals surface area contributed by atoms with Gasteiger partial charge in [0.2, 0.25) is 11.8 Å². The molecule has 0 bridgehead atoms. The van der Waals surface area contributed by atoms with E-state index in [9.17, 15) is 9.59 Å². The Morgan fingerprint density at radius 2 is 2.19 bits per heavy atom. The third kappa shape index (κ3) is 2.70. The molecule has 0 spiro atoms. The summed E-state index contributed by atoms with van der Waals surface area (Å²) in [4.78, 5) is 32.6. The van der Waals surface area contributed by atoms with Crippen LogP contribution in [0.2, 0.25) is 0 Å². The molecule has 1 N–H and O–H groups in total. The zero-order valence-corrected chi connectivity index (χ0v) is 12.2. The summed E-state index contributed by atoms with van der Waals surface area (Å²) < 4.78 is 0. The summed E-state index contributed by atoms with van der Waals surface area (Å²) in [6, 6.07) is 5.39. The van der Waals surface area contributed by atoms with Crippen LogP contribution in [0.3, 0.4) is 0 Å². The molecule has 2 aliphatic rings. The average Bonchev–Trinajstić information content (AvgIpc) is 2.52. The van der Waals surface area contributed by atoms with Crippen LogP contribution in [-0.2, 0) is 16.1 Å². The van der Waals surface area contributed by atoms with E-state index in [-0.39, 0.29) is 24.4 Å². The number of carbonyl (C=O) groups excluding carboxylic acids is 2. The van der Waals surface area contributed by atoms with Gasteiger partial charge < -0.3 is 15.1 Å². The molecule has 0 aliphatic carbocycles. The maximum absolute atomic E-state index is 12.6. The maximum Gasteiger partial charge on any atom is 0.246 e. The van der Waals surface area contributed by atoms with E-state index in [0.29, 0.717) is 6.54 Å². The van der Waals surface area contributed by atoms with Crippen molar-refractivity contribution in [1.29, 1.82) is 0 Å². The smallest absolute Gasteiger partial charge is 0.246 e. The molecule has 0 saturated carbocycles. The maximum atomic E-state index is 12.6. The van der Waals surface area contributed by atoms with E-state index in [1.54, 1.807) is 9.80 Å². The molecule has 2 amide bonds. The first kappa shape index (κ1) is 13.9. The van der Waals surface area contributed by atoms with Crippen LogP contribution in [0.1, 0.15) is 25.0 Å². The van der Waals surface area contributed by atoms with Crippen LogP contribution in [0.5, 0.6) is 0 Å². The van der Waals surface area contributed by atoms with Gasteiger partial charge in [0.25, 0.3) is 0 Å². The van der Waals surface area contributed by atoms with Gasteiger partial charge in [-0.1, -0.05) is 6.07 Å². The molecule has 0 aromatic carbocycles. The standard InChI is InChI=1S/C15H20N4O2/c1-16-13-7-4-5-11(17-13)9-18-10-14(20)19-8-3-2-6-12(19)15(18)21/h4-5,7,12H,2-3,6,8-10H2,1H3,(H,16,17).